The van der Waals surface area contributed by atoms with E-state index >= 15 is 0 Å². The van der Waals surface area contributed by atoms with Gasteiger partial charge in [0.1, 0.15) is 5.82 Å². The minimum Gasteiger partial charge on any atom is -0.310 e. The van der Waals surface area contributed by atoms with Gasteiger partial charge in [0, 0.05) is 0 Å². The fraction of sp³-hybridized carbons (Fsp3) is 0.143. The molecular weight excluding hydrogens is 160 g/mol. The van der Waals surface area contributed by atoms with E-state index in [4.69, 9.17) is 0 Å². The van der Waals surface area contributed by atoms with E-state index < -0.39 is 0 Å². The van der Waals surface area contributed by atoms with Gasteiger partial charge in [-0.2, -0.15) is 12.6 Å². The summed E-state index contributed by atoms with van der Waals surface area (Å²) in [4.78, 5) is 17.6. The van der Waals surface area contributed by atoms with E-state index in [0.717, 1.165) is 0 Å². The lowest BCUT2D eigenvalue weighted by molar-refractivity contribution is 0.976. The Morgan fingerprint density at radius 2 is 2.36 bits per heavy atom. The molecule has 0 aliphatic carbocycles. The van der Waals surface area contributed by atoms with Crippen LogP contribution in [0.15, 0.2) is 4.79 Å². The van der Waals surface area contributed by atoms with Crippen LogP contribution in [0.1, 0.15) is 5.82 Å². The van der Waals surface area contributed by atoms with Gasteiger partial charge in [-0.05, 0) is 12.3 Å². The van der Waals surface area contributed by atoms with Crippen molar-refractivity contribution in [3.05, 3.63) is 26.7 Å². The number of rotatable bonds is 0. The number of thiol groups is 1. The van der Waals surface area contributed by atoms with Crippen molar-refractivity contribution in [1.82, 2.24) is 9.97 Å². The number of aryl methyl sites for hydroxylation is 1. The van der Waals surface area contributed by atoms with Gasteiger partial charge < -0.3 is 4.98 Å². The third-order valence-electron chi connectivity index (χ3n) is 1.28. The van der Waals surface area contributed by atoms with Crippen LogP contribution in [0, 0.1) is 6.92 Å². The highest BCUT2D eigenvalue weighted by Gasteiger charge is 1.91. The summed E-state index contributed by atoms with van der Waals surface area (Å²) in [6, 6.07) is 0. The van der Waals surface area contributed by atoms with Crippen LogP contribution in [-0.2, 0) is 0 Å². The molecule has 1 rings (SSSR count). The van der Waals surface area contributed by atoms with Crippen LogP contribution in [-0.4, -0.2) is 9.97 Å². The number of H-pyrrole nitrogens is 1. The molecule has 11 heavy (non-hydrogen) atoms. The minimum atomic E-state index is -0.197. The van der Waals surface area contributed by atoms with E-state index in [1.54, 1.807) is 6.92 Å². The van der Waals surface area contributed by atoms with Crippen molar-refractivity contribution in [3.63, 3.8) is 0 Å². The molecule has 0 saturated carbocycles. The summed E-state index contributed by atoms with van der Waals surface area (Å²) in [5.74, 6) is 0.568. The first-order valence-electron chi connectivity index (χ1n) is 3.05. The monoisotopic (exact) mass is 168 g/mol. The Hall–Kier alpha value is -1.03. The highest BCUT2D eigenvalue weighted by atomic mass is 32.1. The van der Waals surface area contributed by atoms with E-state index in [9.17, 15) is 4.79 Å². The molecule has 1 aromatic heterocycles. The summed E-state index contributed by atoms with van der Waals surface area (Å²) in [5, 5.41) is 2.27. The molecule has 0 aliphatic rings. The van der Waals surface area contributed by atoms with Crippen molar-refractivity contribution in [1.29, 1.82) is 0 Å². The fourth-order valence-corrected chi connectivity index (χ4v) is 1.05. The molecule has 0 saturated heterocycles. The van der Waals surface area contributed by atoms with E-state index in [1.807, 2.05) is 0 Å². The number of hydrogen-bond acceptors (Lipinski definition) is 3. The quantitative estimate of drug-likeness (QED) is 0.496. The standard InChI is InChI=1S/C7H8N2OS/c1-4-6(3-11)7(10)9-5(2)8-4/h3,11H,1H2,2H3,(H,8,9,10)/b6-3+. The predicted molar refractivity (Wildman–Crippen MR) is 47.8 cm³/mol. The second kappa shape index (κ2) is 2.92. The highest BCUT2D eigenvalue weighted by molar-refractivity contribution is 7.88. The van der Waals surface area contributed by atoms with Gasteiger partial charge in [-0.1, -0.05) is 6.58 Å². The zero-order valence-corrected chi connectivity index (χ0v) is 6.98. The first-order valence-corrected chi connectivity index (χ1v) is 3.57. The SMILES string of the molecule is C=c1nc(C)[nH]c(=O)/c1=C/S. The lowest BCUT2D eigenvalue weighted by atomic mass is 10.4. The third kappa shape index (κ3) is 1.51. The Morgan fingerprint density at radius 3 is 2.82 bits per heavy atom. The Labute approximate surface area is 68.9 Å². The number of nitrogens with zero attached hydrogens (tertiary/aromatic N) is 1. The maximum Gasteiger partial charge on any atom is 0.259 e. The average molecular weight is 168 g/mol. The number of nitrogens with one attached hydrogen (secondary N) is 1. The van der Waals surface area contributed by atoms with Crippen LogP contribution >= 0.6 is 12.6 Å². The van der Waals surface area contributed by atoms with Crippen LogP contribution in [0.5, 0.6) is 0 Å². The van der Waals surface area contributed by atoms with Gasteiger partial charge in [-0.3, -0.25) is 4.79 Å². The fourth-order valence-electron chi connectivity index (χ4n) is 0.786. The Kier molecular flexibility index (Phi) is 2.14. The second-order valence-corrected chi connectivity index (χ2v) is 2.40. The van der Waals surface area contributed by atoms with Gasteiger partial charge in [-0.15, -0.1) is 0 Å². The molecule has 3 nitrogen and oxygen atoms in total. The molecular formula is C7H8N2OS. The lowest BCUT2D eigenvalue weighted by Gasteiger charge is -1.90. The van der Waals surface area contributed by atoms with Crippen LogP contribution < -0.4 is 16.1 Å². The summed E-state index contributed by atoms with van der Waals surface area (Å²) in [7, 11) is 0. The molecule has 0 spiro atoms. The summed E-state index contributed by atoms with van der Waals surface area (Å²) < 4.78 is 0. The maximum atomic E-state index is 11.1. The molecule has 1 heterocycles. The molecule has 0 atom stereocenters. The Morgan fingerprint density at radius 1 is 1.73 bits per heavy atom. The number of aromatic amines is 1. The topological polar surface area (TPSA) is 45.8 Å². The van der Waals surface area contributed by atoms with E-state index in [0.29, 0.717) is 16.4 Å². The van der Waals surface area contributed by atoms with Gasteiger partial charge in [0.05, 0.1) is 10.6 Å². The lowest BCUT2D eigenvalue weighted by Crippen LogP contribution is -2.42. The second-order valence-electron chi connectivity index (χ2n) is 2.14. The number of aromatic nitrogens is 2. The first-order chi connectivity index (χ1) is 5.15. The van der Waals surface area contributed by atoms with Crippen LogP contribution in [0.2, 0.25) is 0 Å². The largest absolute Gasteiger partial charge is 0.310 e. The van der Waals surface area contributed by atoms with Gasteiger partial charge in [0.25, 0.3) is 5.56 Å². The van der Waals surface area contributed by atoms with Gasteiger partial charge in [0.15, 0.2) is 0 Å². The minimum absolute atomic E-state index is 0.197. The summed E-state index contributed by atoms with van der Waals surface area (Å²) in [6.07, 6.45) is 0. The van der Waals surface area contributed by atoms with Crippen molar-refractivity contribution < 1.29 is 0 Å². The van der Waals surface area contributed by atoms with Crippen molar-refractivity contribution in [3.8, 4) is 0 Å². The van der Waals surface area contributed by atoms with E-state index in [1.165, 1.54) is 5.41 Å². The van der Waals surface area contributed by atoms with Crippen LogP contribution in [0.25, 0.3) is 12.0 Å². The smallest absolute Gasteiger partial charge is 0.259 e. The molecule has 0 aliphatic heterocycles. The van der Waals surface area contributed by atoms with Crippen molar-refractivity contribution >= 4 is 24.6 Å². The molecule has 0 aromatic carbocycles. The highest BCUT2D eigenvalue weighted by Crippen LogP contribution is 1.69. The molecule has 0 bridgehead atoms. The Balaban J connectivity index is 3.79. The van der Waals surface area contributed by atoms with Gasteiger partial charge in [-0.25, -0.2) is 4.98 Å². The van der Waals surface area contributed by atoms with Crippen LogP contribution in [0.3, 0.4) is 0 Å². The zero-order valence-electron chi connectivity index (χ0n) is 6.09. The predicted octanol–water partition coefficient (Wildman–Crippen LogP) is -0.844. The third-order valence-corrected chi connectivity index (χ3v) is 1.54. The van der Waals surface area contributed by atoms with E-state index in [-0.39, 0.29) is 5.56 Å². The average Bonchev–Trinajstić information content (AvgIpc) is 1.85. The normalized spacial score (nSPS) is 12.0. The molecule has 58 valence electrons. The summed E-state index contributed by atoms with van der Waals surface area (Å²) in [6.45, 7) is 5.31. The zero-order chi connectivity index (χ0) is 8.43. The molecule has 0 amide bonds. The van der Waals surface area contributed by atoms with E-state index in [2.05, 4.69) is 29.2 Å². The first kappa shape index (κ1) is 8.07. The molecule has 1 aromatic rings. The maximum absolute atomic E-state index is 11.1. The van der Waals surface area contributed by atoms with Crippen molar-refractivity contribution in [2.45, 2.75) is 6.92 Å². The van der Waals surface area contributed by atoms with Crippen LogP contribution in [0.4, 0.5) is 0 Å². The summed E-state index contributed by atoms with van der Waals surface area (Å²) >= 11 is 3.86. The summed E-state index contributed by atoms with van der Waals surface area (Å²) in [5.41, 5.74) is -0.197. The molecule has 4 heteroatoms. The molecule has 0 radical (unpaired) electrons. The molecule has 0 unspecified atom stereocenters. The van der Waals surface area contributed by atoms with Gasteiger partial charge in [0.2, 0.25) is 0 Å². The molecule has 0 fully saturated rings. The number of hydrogen-bond donors (Lipinski definition) is 2. The van der Waals surface area contributed by atoms with Gasteiger partial charge >= 0.3 is 0 Å². The van der Waals surface area contributed by atoms with Crippen molar-refractivity contribution in [2.75, 3.05) is 0 Å². The Bertz CT molecular complexity index is 387. The van der Waals surface area contributed by atoms with Crippen molar-refractivity contribution in [2.24, 2.45) is 0 Å². The molecule has 1 N–H and O–H groups in total.